The smallest absolute Gasteiger partial charge is 0.311 e. The zero-order valence-corrected chi connectivity index (χ0v) is 14.8. The Morgan fingerprint density at radius 1 is 1.40 bits per heavy atom. The van der Waals surface area contributed by atoms with Crippen molar-refractivity contribution in [2.75, 3.05) is 6.61 Å². The van der Waals surface area contributed by atoms with Gasteiger partial charge < -0.3 is 9.84 Å². The van der Waals surface area contributed by atoms with Gasteiger partial charge in [-0.3, -0.25) is 14.9 Å². The summed E-state index contributed by atoms with van der Waals surface area (Å²) < 4.78 is 5.91. The first-order valence-electron chi connectivity index (χ1n) is 6.74. The molecule has 0 aliphatic carbocycles. The van der Waals surface area contributed by atoms with E-state index in [4.69, 9.17) is 16.3 Å². The number of ether oxygens (including phenoxy) is 1. The summed E-state index contributed by atoms with van der Waals surface area (Å²) in [4.78, 5) is 21.7. The Morgan fingerprint density at radius 2 is 2.16 bits per heavy atom. The molecule has 0 aromatic heterocycles. The van der Waals surface area contributed by atoms with Gasteiger partial charge in [-0.25, -0.2) is 5.43 Å². The summed E-state index contributed by atoms with van der Waals surface area (Å²) >= 11 is 9.06. The molecule has 0 unspecified atom stereocenters. The number of nitrogens with zero attached hydrogens (tertiary/aromatic N) is 2. The van der Waals surface area contributed by atoms with E-state index in [0.717, 1.165) is 6.07 Å². The summed E-state index contributed by atoms with van der Waals surface area (Å²) in [6.07, 6.45) is 1.21. The van der Waals surface area contributed by atoms with Crippen molar-refractivity contribution in [2.45, 2.75) is 0 Å². The van der Waals surface area contributed by atoms with Crippen LogP contribution in [0.3, 0.4) is 0 Å². The van der Waals surface area contributed by atoms with Crippen molar-refractivity contribution >= 4 is 45.3 Å². The number of rotatable bonds is 6. The van der Waals surface area contributed by atoms with Crippen LogP contribution in [0.2, 0.25) is 5.02 Å². The third-order valence-corrected chi connectivity index (χ3v) is 3.71. The van der Waals surface area contributed by atoms with Gasteiger partial charge in [0.1, 0.15) is 5.75 Å². The highest BCUT2D eigenvalue weighted by Crippen LogP contribution is 2.28. The molecule has 0 saturated carbocycles. The van der Waals surface area contributed by atoms with Crippen LogP contribution in [0.5, 0.6) is 11.5 Å². The molecule has 0 fully saturated rings. The van der Waals surface area contributed by atoms with E-state index in [1.165, 1.54) is 18.3 Å². The molecule has 2 aromatic carbocycles. The minimum atomic E-state index is -0.719. The summed E-state index contributed by atoms with van der Waals surface area (Å²) in [5, 5.41) is 24.3. The maximum atomic E-state index is 11.7. The number of hydrazone groups is 1. The third kappa shape index (κ3) is 5.44. The van der Waals surface area contributed by atoms with Gasteiger partial charge in [0.05, 0.1) is 15.6 Å². The van der Waals surface area contributed by atoms with Gasteiger partial charge >= 0.3 is 5.69 Å². The number of amides is 1. The molecule has 0 aliphatic heterocycles. The Balaban J connectivity index is 1.90. The maximum absolute atomic E-state index is 11.7. The second kappa shape index (κ2) is 8.45. The second-order valence-corrected chi connectivity index (χ2v) is 5.95. The highest BCUT2D eigenvalue weighted by atomic mass is 79.9. The first-order valence-corrected chi connectivity index (χ1v) is 7.91. The van der Waals surface area contributed by atoms with Crippen molar-refractivity contribution in [2.24, 2.45) is 5.10 Å². The quantitative estimate of drug-likeness (QED) is 0.416. The van der Waals surface area contributed by atoms with Crippen molar-refractivity contribution < 1.29 is 19.6 Å². The van der Waals surface area contributed by atoms with Crippen LogP contribution in [0.15, 0.2) is 46.0 Å². The van der Waals surface area contributed by atoms with Gasteiger partial charge in [0.25, 0.3) is 5.91 Å². The molecule has 2 N–H and O–H groups in total. The van der Waals surface area contributed by atoms with Crippen LogP contribution in [0.1, 0.15) is 5.56 Å². The number of halogens is 2. The van der Waals surface area contributed by atoms with Crippen LogP contribution in [0, 0.1) is 10.1 Å². The number of phenols is 1. The minimum Gasteiger partial charge on any atom is -0.502 e. The lowest BCUT2D eigenvalue weighted by Crippen LogP contribution is -2.24. The highest BCUT2D eigenvalue weighted by Gasteiger charge is 2.12. The van der Waals surface area contributed by atoms with Gasteiger partial charge in [0, 0.05) is 16.7 Å². The molecule has 1 amide bonds. The summed E-state index contributed by atoms with van der Waals surface area (Å²) in [7, 11) is 0. The number of hydrogen-bond donors (Lipinski definition) is 2. The molecule has 0 atom stereocenters. The molecule has 2 aromatic rings. The zero-order chi connectivity index (χ0) is 18.4. The number of nitro groups is 1. The largest absolute Gasteiger partial charge is 0.502 e. The molecule has 0 aliphatic rings. The number of carbonyl (C=O) groups is 1. The number of aromatic hydroxyl groups is 1. The zero-order valence-electron chi connectivity index (χ0n) is 12.5. The number of benzene rings is 2. The van der Waals surface area contributed by atoms with E-state index in [0.29, 0.717) is 20.8 Å². The average molecular weight is 429 g/mol. The van der Waals surface area contributed by atoms with Gasteiger partial charge in [-0.05, 0) is 46.3 Å². The predicted octanol–water partition coefficient (Wildman–Crippen LogP) is 3.25. The predicted molar refractivity (Wildman–Crippen MR) is 95.1 cm³/mol. The van der Waals surface area contributed by atoms with Crippen LogP contribution in [0.25, 0.3) is 0 Å². The molecular formula is C15H11BrClN3O5. The molecular weight excluding hydrogens is 418 g/mol. The lowest BCUT2D eigenvalue weighted by molar-refractivity contribution is -0.385. The Labute approximate surface area is 155 Å². The summed E-state index contributed by atoms with van der Waals surface area (Å²) in [6.45, 7) is -0.284. The van der Waals surface area contributed by atoms with Gasteiger partial charge in [-0.1, -0.05) is 11.6 Å². The molecule has 0 spiro atoms. The van der Waals surface area contributed by atoms with E-state index in [9.17, 15) is 20.0 Å². The first-order chi connectivity index (χ1) is 11.9. The SMILES string of the molecule is O=C(COc1ccc(Cl)cc1Br)NN=Cc1ccc(O)c([N+](=O)[O-])c1. The van der Waals surface area contributed by atoms with Crippen molar-refractivity contribution in [3.8, 4) is 11.5 Å². The third-order valence-electron chi connectivity index (χ3n) is 2.85. The lowest BCUT2D eigenvalue weighted by Gasteiger charge is -2.07. The Bertz CT molecular complexity index is 844. The van der Waals surface area contributed by atoms with Crippen molar-refractivity contribution in [3.05, 3.63) is 61.6 Å². The molecule has 0 bridgehead atoms. The molecule has 2 rings (SSSR count). The van der Waals surface area contributed by atoms with Crippen molar-refractivity contribution in [3.63, 3.8) is 0 Å². The highest BCUT2D eigenvalue weighted by molar-refractivity contribution is 9.10. The van der Waals surface area contributed by atoms with Crippen LogP contribution < -0.4 is 10.2 Å². The minimum absolute atomic E-state index is 0.284. The van der Waals surface area contributed by atoms with Gasteiger partial charge in [0.2, 0.25) is 0 Å². The van der Waals surface area contributed by atoms with Crippen LogP contribution in [0.4, 0.5) is 5.69 Å². The van der Waals surface area contributed by atoms with Crippen molar-refractivity contribution in [1.82, 2.24) is 5.43 Å². The number of hydrogen-bond acceptors (Lipinski definition) is 6. The van der Waals surface area contributed by atoms with E-state index in [2.05, 4.69) is 26.5 Å². The fourth-order valence-electron chi connectivity index (χ4n) is 1.71. The standard InChI is InChI=1S/C15H11BrClN3O5/c16-11-6-10(17)2-4-14(11)25-8-15(22)19-18-7-9-1-3-13(21)12(5-9)20(23)24/h1-7,21H,8H2,(H,19,22). The Morgan fingerprint density at radius 3 is 2.84 bits per heavy atom. The van der Waals surface area contributed by atoms with E-state index >= 15 is 0 Å². The molecule has 0 saturated heterocycles. The second-order valence-electron chi connectivity index (χ2n) is 4.66. The molecule has 0 radical (unpaired) electrons. The van der Waals surface area contributed by atoms with E-state index in [1.807, 2.05) is 0 Å². The van der Waals surface area contributed by atoms with E-state index in [-0.39, 0.29) is 6.61 Å². The lowest BCUT2D eigenvalue weighted by atomic mass is 10.2. The molecule has 0 heterocycles. The number of nitrogens with one attached hydrogen (secondary N) is 1. The van der Waals surface area contributed by atoms with Crippen LogP contribution >= 0.6 is 27.5 Å². The van der Waals surface area contributed by atoms with E-state index < -0.39 is 22.3 Å². The summed E-state index contributed by atoms with van der Waals surface area (Å²) in [5.41, 5.74) is 2.11. The van der Waals surface area contributed by atoms with Gasteiger partial charge in [0.15, 0.2) is 12.4 Å². The number of nitro benzene ring substituents is 1. The topological polar surface area (TPSA) is 114 Å². The fraction of sp³-hybridized carbons (Fsp3) is 0.0667. The van der Waals surface area contributed by atoms with E-state index in [1.54, 1.807) is 18.2 Å². The normalized spacial score (nSPS) is 10.6. The monoisotopic (exact) mass is 427 g/mol. The average Bonchev–Trinajstić information content (AvgIpc) is 2.55. The molecule has 10 heteroatoms. The first kappa shape index (κ1) is 18.7. The summed E-state index contributed by atoms with van der Waals surface area (Å²) in [6, 6.07) is 8.58. The van der Waals surface area contributed by atoms with Crippen LogP contribution in [-0.2, 0) is 4.79 Å². The number of carbonyl (C=O) groups excluding carboxylic acids is 1. The molecule has 25 heavy (non-hydrogen) atoms. The van der Waals surface area contributed by atoms with Gasteiger partial charge in [-0.15, -0.1) is 0 Å². The van der Waals surface area contributed by atoms with Crippen LogP contribution in [-0.4, -0.2) is 28.8 Å². The number of phenolic OH excluding ortho intramolecular Hbond substituents is 1. The van der Waals surface area contributed by atoms with Crippen molar-refractivity contribution in [1.29, 1.82) is 0 Å². The fourth-order valence-corrected chi connectivity index (χ4v) is 2.51. The maximum Gasteiger partial charge on any atom is 0.311 e. The molecule has 130 valence electrons. The summed E-state index contributed by atoms with van der Waals surface area (Å²) in [5.74, 6) is -0.530. The molecule has 8 nitrogen and oxygen atoms in total. The Kier molecular flexibility index (Phi) is 6.31. The van der Waals surface area contributed by atoms with Gasteiger partial charge in [-0.2, -0.15) is 5.10 Å². The Hall–Kier alpha value is -2.65.